The largest absolute Gasteiger partial charge is 0.398 e. The summed E-state index contributed by atoms with van der Waals surface area (Å²) < 4.78 is 0. The first-order valence-corrected chi connectivity index (χ1v) is 5.41. The molecule has 1 nitrogen and oxygen atoms in total. The lowest BCUT2D eigenvalue weighted by molar-refractivity contribution is 1.37. The van der Waals surface area contributed by atoms with Crippen LogP contribution in [0.25, 0.3) is 0 Å². The van der Waals surface area contributed by atoms with Crippen molar-refractivity contribution in [2.24, 2.45) is 0 Å². The van der Waals surface area contributed by atoms with Crippen LogP contribution in [0.3, 0.4) is 0 Å². The summed E-state index contributed by atoms with van der Waals surface area (Å²) in [5.74, 6) is 0.858. The quantitative estimate of drug-likeness (QED) is 0.615. The van der Waals surface area contributed by atoms with Gasteiger partial charge in [0.25, 0.3) is 0 Å². The molecule has 0 saturated heterocycles. The summed E-state index contributed by atoms with van der Waals surface area (Å²) in [6, 6.07) is 6.05. The zero-order chi connectivity index (χ0) is 9.68. The fourth-order valence-corrected chi connectivity index (χ4v) is 2.01. The molecular formula is C10H12ClNS. The van der Waals surface area contributed by atoms with Crippen molar-refractivity contribution in [3.05, 3.63) is 35.4 Å². The molecule has 0 unspecified atom stereocenters. The van der Waals surface area contributed by atoms with E-state index in [4.69, 9.17) is 17.3 Å². The third-order valence-corrected chi connectivity index (χ3v) is 2.91. The Hall–Kier alpha value is -0.600. The van der Waals surface area contributed by atoms with Crippen molar-refractivity contribution < 1.29 is 0 Å². The molecule has 0 spiro atoms. The number of anilines is 1. The van der Waals surface area contributed by atoms with E-state index in [1.54, 1.807) is 11.8 Å². The van der Waals surface area contributed by atoms with E-state index >= 15 is 0 Å². The van der Waals surface area contributed by atoms with Crippen LogP contribution in [0.1, 0.15) is 5.56 Å². The molecule has 2 N–H and O–H groups in total. The van der Waals surface area contributed by atoms with Crippen molar-refractivity contribution in [3.63, 3.8) is 0 Å². The summed E-state index contributed by atoms with van der Waals surface area (Å²) in [5.41, 5.74) is 9.41. The van der Waals surface area contributed by atoms with Crippen LogP contribution in [-0.2, 0) is 0 Å². The predicted molar refractivity (Wildman–Crippen MR) is 61.3 cm³/mol. The lowest BCUT2D eigenvalue weighted by Crippen LogP contribution is -1.91. The molecule has 0 amide bonds. The van der Waals surface area contributed by atoms with Crippen LogP contribution >= 0.6 is 23.4 Å². The maximum Gasteiger partial charge on any atom is 0.0482 e. The number of hydrogen-bond acceptors (Lipinski definition) is 2. The second-order valence-electron chi connectivity index (χ2n) is 2.66. The summed E-state index contributed by atoms with van der Waals surface area (Å²) in [4.78, 5) is 1.12. The molecule has 0 aliphatic rings. The topological polar surface area (TPSA) is 26.0 Å². The number of nitrogens with two attached hydrogens (primary N) is 1. The van der Waals surface area contributed by atoms with Gasteiger partial charge in [-0.3, -0.25) is 0 Å². The fourth-order valence-electron chi connectivity index (χ4n) is 0.954. The number of halogens is 1. The van der Waals surface area contributed by atoms with Crippen molar-refractivity contribution in [1.82, 2.24) is 0 Å². The van der Waals surface area contributed by atoms with Gasteiger partial charge in [0.2, 0.25) is 0 Å². The van der Waals surface area contributed by atoms with Crippen molar-refractivity contribution >= 4 is 29.1 Å². The first-order chi connectivity index (χ1) is 6.25. The molecule has 0 bridgehead atoms. The van der Waals surface area contributed by atoms with Crippen LogP contribution in [0.4, 0.5) is 5.69 Å². The third-order valence-electron chi connectivity index (χ3n) is 1.71. The minimum atomic E-state index is 0.858. The van der Waals surface area contributed by atoms with Gasteiger partial charge in [0.15, 0.2) is 0 Å². The Labute approximate surface area is 88.0 Å². The summed E-state index contributed by atoms with van der Waals surface area (Å²) in [5, 5.41) is 0. The Kier molecular flexibility index (Phi) is 4.19. The fraction of sp³-hybridized carbons (Fsp3) is 0.200. The highest BCUT2D eigenvalue weighted by Crippen LogP contribution is 2.27. The van der Waals surface area contributed by atoms with E-state index in [9.17, 15) is 0 Å². The van der Waals surface area contributed by atoms with Gasteiger partial charge in [-0.05, 0) is 18.6 Å². The minimum absolute atomic E-state index is 0.858. The molecule has 3 heteroatoms. The van der Waals surface area contributed by atoms with Crippen LogP contribution in [0, 0.1) is 6.92 Å². The van der Waals surface area contributed by atoms with Crippen LogP contribution < -0.4 is 5.73 Å². The Morgan fingerprint density at radius 3 is 3.00 bits per heavy atom. The number of nitrogen functional groups attached to an aromatic ring is 1. The van der Waals surface area contributed by atoms with Gasteiger partial charge in [-0.2, -0.15) is 0 Å². The van der Waals surface area contributed by atoms with E-state index in [1.165, 1.54) is 5.54 Å². The van der Waals surface area contributed by atoms with Gasteiger partial charge in [-0.1, -0.05) is 29.8 Å². The average molecular weight is 214 g/mol. The number of aryl methyl sites for hydroxylation is 1. The number of para-hydroxylation sites is 1. The van der Waals surface area contributed by atoms with Crippen LogP contribution in [0.15, 0.2) is 34.7 Å². The second kappa shape index (κ2) is 5.20. The third kappa shape index (κ3) is 2.98. The minimum Gasteiger partial charge on any atom is -0.398 e. The van der Waals surface area contributed by atoms with E-state index in [0.717, 1.165) is 21.9 Å². The van der Waals surface area contributed by atoms with Crippen LogP contribution in [0.2, 0.25) is 0 Å². The molecule has 1 aromatic carbocycles. The zero-order valence-corrected chi connectivity index (χ0v) is 9.03. The Morgan fingerprint density at radius 2 is 2.31 bits per heavy atom. The smallest absolute Gasteiger partial charge is 0.0482 e. The van der Waals surface area contributed by atoms with Gasteiger partial charge in [0.1, 0.15) is 0 Å². The van der Waals surface area contributed by atoms with Crippen molar-refractivity contribution in [2.75, 3.05) is 11.5 Å². The first kappa shape index (κ1) is 10.5. The number of thioether (sulfide) groups is 1. The van der Waals surface area contributed by atoms with Gasteiger partial charge in [-0.25, -0.2) is 0 Å². The lowest BCUT2D eigenvalue weighted by atomic mass is 10.2. The first-order valence-electron chi connectivity index (χ1n) is 3.99. The molecular weight excluding hydrogens is 202 g/mol. The normalized spacial score (nSPS) is 10.9. The Morgan fingerprint density at radius 1 is 1.54 bits per heavy atom. The highest BCUT2D eigenvalue weighted by atomic mass is 35.5. The number of rotatable bonds is 3. The molecule has 0 aliphatic heterocycles. The highest BCUT2D eigenvalue weighted by molar-refractivity contribution is 7.99. The van der Waals surface area contributed by atoms with E-state index in [1.807, 2.05) is 31.2 Å². The molecule has 0 fully saturated rings. The zero-order valence-electron chi connectivity index (χ0n) is 7.46. The van der Waals surface area contributed by atoms with Gasteiger partial charge >= 0.3 is 0 Å². The summed E-state index contributed by atoms with van der Waals surface area (Å²) in [6.07, 6.45) is 1.90. The molecule has 0 atom stereocenters. The SMILES string of the molecule is Cc1cccc(SC/C=C/Cl)c1N. The van der Waals surface area contributed by atoms with Gasteiger partial charge in [0, 0.05) is 21.9 Å². The van der Waals surface area contributed by atoms with E-state index < -0.39 is 0 Å². The van der Waals surface area contributed by atoms with E-state index in [0.29, 0.717) is 0 Å². The average Bonchev–Trinajstić information content (AvgIpc) is 2.13. The standard InChI is InChI=1S/C10H12ClNS/c1-8-4-2-5-9(10(8)12)13-7-3-6-11/h2-6H,7,12H2,1H3/b6-3+. The second-order valence-corrected chi connectivity index (χ2v) is 3.97. The van der Waals surface area contributed by atoms with Crippen molar-refractivity contribution in [2.45, 2.75) is 11.8 Å². The maximum atomic E-state index is 5.89. The van der Waals surface area contributed by atoms with Crippen LogP contribution in [0.5, 0.6) is 0 Å². The Bertz CT molecular complexity index is 310. The van der Waals surface area contributed by atoms with Gasteiger partial charge in [0.05, 0.1) is 0 Å². The molecule has 70 valence electrons. The molecule has 1 aromatic rings. The number of hydrogen-bond donors (Lipinski definition) is 1. The summed E-state index contributed by atoms with van der Waals surface area (Å²) >= 11 is 7.10. The van der Waals surface area contributed by atoms with Crippen molar-refractivity contribution in [3.8, 4) is 0 Å². The van der Waals surface area contributed by atoms with E-state index in [-0.39, 0.29) is 0 Å². The summed E-state index contributed by atoms with van der Waals surface area (Å²) in [6.45, 7) is 2.01. The maximum absolute atomic E-state index is 5.89. The lowest BCUT2D eigenvalue weighted by Gasteiger charge is -2.05. The van der Waals surface area contributed by atoms with Gasteiger partial charge in [-0.15, -0.1) is 11.8 Å². The van der Waals surface area contributed by atoms with Crippen LogP contribution in [-0.4, -0.2) is 5.75 Å². The molecule has 0 radical (unpaired) electrons. The molecule has 1 rings (SSSR count). The molecule has 0 aromatic heterocycles. The molecule has 0 aliphatic carbocycles. The summed E-state index contributed by atoms with van der Waals surface area (Å²) in [7, 11) is 0. The van der Waals surface area contributed by atoms with Gasteiger partial charge < -0.3 is 5.73 Å². The molecule has 0 heterocycles. The predicted octanol–water partition coefficient (Wildman–Crippen LogP) is 3.42. The Balaban J connectivity index is 2.71. The highest BCUT2D eigenvalue weighted by Gasteiger charge is 1.99. The van der Waals surface area contributed by atoms with E-state index in [2.05, 4.69) is 0 Å². The molecule has 0 saturated carbocycles. The number of benzene rings is 1. The monoisotopic (exact) mass is 213 g/mol. The van der Waals surface area contributed by atoms with Crippen molar-refractivity contribution in [1.29, 1.82) is 0 Å². The molecule has 13 heavy (non-hydrogen) atoms.